The molecule has 3 N–H and O–H groups in total. The van der Waals surface area contributed by atoms with E-state index < -0.39 is 6.10 Å². The molecular formula is C15H18N2O. The van der Waals surface area contributed by atoms with Gasteiger partial charge in [0.1, 0.15) is 12.3 Å². The van der Waals surface area contributed by atoms with Gasteiger partial charge in [-0.25, -0.2) is 0 Å². The highest BCUT2D eigenvalue weighted by Crippen LogP contribution is 2.33. The highest BCUT2D eigenvalue weighted by atomic mass is 16.3. The maximum atomic E-state index is 10.5. The molecule has 1 aliphatic carbocycles. The van der Waals surface area contributed by atoms with Crippen LogP contribution in [0.2, 0.25) is 0 Å². The third-order valence-electron chi connectivity index (χ3n) is 3.62. The highest BCUT2D eigenvalue weighted by molar-refractivity contribution is 5.70. The van der Waals surface area contributed by atoms with Crippen LogP contribution in [-0.4, -0.2) is 11.3 Å². The Morgan fingerprint density at radius 1 is 1.17 bits per heavy atom. The van der Waals surface area contributed by atoms with Gasteiger partial charge in [-0.3, -0.25) is 0 Å². The summed E-state index contributed by atoms with van der Waals surface area (Å²) in [4.78, 5) is 0. The van der Waals surface area contributed by atoms with Crippen molar-refractivity contribution in [2.45, 2.75) is 31.5 Å². The Labute approximate surface area is 107 Å². The van der Waals surface area contributed by atoms with Gasteiger partial charge in [0.05, 0.1) is 0 Å². The summed E-state index contributed by atoms with van der Waals surface area (Å²) >= 11 is 0. The molecule has 3 nitrogen and oxygen atoms in total. The molecule has 94 valence electrons. The van der Waals surface area contributed by atoms with Crippen LogP contribution in [-0.2, 0) is 0 Å². The smallest absolute Gasteiger partial charge is 0.127 e. The zero-order chi connectivity index (χ0) is 12.4. The van der Waals surface area contributed by atoms with E-state index in [1.165, 1.54) is 17.6 Å². The van der Waals surface area contributed by atoms with Crippen molar-refractivity contribution < 1.29 is 5.11 Å². The normalized spacial score (nSPS) is 20.4. The molecule has 0 saturated heterocycles. The van der Waals surface area contributed by atoms with Crippen molar-refractivity contribution in [2.24, 2.45) is 0 Å². The molecular weight excluding hydrogens is 224 g/mol. The van der Waals surface area contributed by atoms with Gasteiger partial charge in [0, 0.05) is 12.4 Å². The van der Waals surface area contributed by atoms with E-state index in [-0.39, 0.29) is 6.17 Å². The summed E-state index contributed by atoms with van der Waals surface area (Å²) in [6.45, 7) is 0. The first kappa shape index (κ1) is 11.4. The van der Waals surface area contributed by atoms with E-state index >= 15 is 0 Å². The molecule has 0 radical (unpaired) electrons. The molecule has 0 spiro atoms. The molecule has 1 atom stereocenters. The number of aliphatic hydroxyl groups excluding tert-OH is 1. The van der Waals surface area contributed by atoms with Gasteiger partial charge < -0.3 is 15.7 Å². The van der Waals surface area contributed by atoms with Crippen LogP contribution in [0.4, 0.5) is 0 Å². The van der Waals surface area contributed by atoms with Crippen LogP contribution < -0.4 is 10.6 Å². The minimum Gasteiger partial charge on any atom is -0.384 e. The van der Waals surface area contributed by atoms with Crippen LogP contribution in [0, 0.1) is 0 Å². The molecule has 18 heavy (non-hydrogen) atoms. The van der Waals surface area contributed by atoms with Gasteiger partial charge >= 0.3 is 0 Å². The summed E-state index contributed by atoms with van der Waals surface area (Å²) in [5.74, 6) is 0. The molecule has 1 aliphatic heterocycles. The summed E-state index contributed by atoms with van der Waals surface area (Å²) in [5, 5.41) is 16.7. The molecule has 0 aromatic heterocycles. The van der Waals surface area contributed by atoms with E-state index in [0.717, 1.165) is 18.4 Å². The van der Waals surface area contributed by atoms with E-state index in [4.69, 9.17) is 0 Å². The zero-order valence-electron chi connectivity index (χ0n) is 10.3. The number of allylic oxidation sites excluding steroid dienone is 2. The third kappa shape index (κ3) is 2.02. The van der Waals surface area contributed by atoms with E-state index in [9.17, 15) is 5.11 Å². The van der Waals surface area contributed by atoms with Gasteiger partial charge in [-0.1, -0.05) is 30.3 Å². The molecule has 3 rings (SSSR count). The molecule has 0 bridgehead atoms. The fourth-order valence-corrected chi connectivity index (χ4v) is 2.68. The Kier molecular flexibility index (Phi) is 3.07. The second kappa shape index (κ2) is 4.86. The lowest BCUT2D eigenvalue weighted by Gasteiger charge is -2.22. The van der Waals surface area contributed by atoms with Crippen molar-refractivity contribution >= 4 is 5.57 Å². The largest absolute Gasteiger partial charge is 0.384 e. The summed E-state index contributed by atoms with van der Waals surface area (Å²) < 4.78 is 0. The first-order valence-corrected chi connectivity index (χ1v) is 6.50. The molecule has 2 aliphatic rings. The first-order chi connectivity index (χ1) is 8.86. The van der Waals surface area contributed by atoms with E-state index in [0.29, 0.717) is 0 Å². The predicted molar refractivity (Wildman–Crippen MR) is 72.4 cm³/mol. The van der Waals surface area contributed by atoms with Crippen LogP contribution in [0.1, 0.15) is 36.5 Å². The fourth-order valence-electron chi connectivity index (χ4n) is 2.68. The van der Waals surface area contributed by atoms with Crippen molar-refractivity contribution in [3.8, 4) is 0 Å². The Morgan fingerprint density at radius 3 is 2.67 bits per heavy atom. The third-order valence-corrected chi connectivity index (χ3v) is 3.62. The van der Waals surface area contributed by atoms with Crippen LogP contribution in [0.3, 0.4) is 0 Å². The number of hydrogen-bond donors (Lipinski definition) is 3. The molecule has 0 fully saturated rings. The van der Waals surface area contributed by atoms with Gasteiger partial charge in [0.15, 0.2) is 0 Å². The maximum Gasteiger partial charge on any atom is 0.127 e. The lowest BCUT2D eigenvalue weighted by Crippen LogP contribution is -2.37. The second-order valence-electron chi connectivity index (χ2n) is 4.80. The Bertz CT molecular complexity index is 485. The maximum absolute atomic E-state index is 10.5. The van der Waals surface area contributed by atoms with Crippen LogP contribution in [0.25, 0.3) is 5.57 Å². The Hall–Kier alpha value is -1.74. The van der Waals surface area contributed by atoms with Gasteiger partial charge in [0.2, 0.25) is 0 Å². The van der Waals surface area contributed by atoms with Gasteiger partial charge in [-0.2, -0.15) is 0 Å². The molecule has 0 saturated carbocycles. The number of nitrogens with one attached hydrogen (secondary N) is 2. The number of hydrogen-bond acceptors (Lipinski definition) is 3. The van der Waals surface area contributed by atoms with Crippen LogP contribution in [0.5, 0.6) is 0 Å². The summed E-state index contributed by atoms with van der Waals surface area (Å²) in [5.41, 5.74) is 3.56. The lowest BCUT2D eigenvalue weighted by atomic mass is 9.94. The Balaban J connectivity index is 1.90. The average Bonchev–Trinajstić information content (AvgIpc) is 3.11. The SMILES string of the molecule is OC(c1ccccc1C1=CCCC1)C1NC=CN1. The average molecular weight is 242 g/mol. The molecule has 1 aromatic rings. The number of aliphatic hydroxyl groups is 1. The van der Waals surface area contributed by atoms with Gasteiger partial charge in [-0.05, 0) is 36.0 Å². The molecule has 3 heteroatoms. The summed E-state index contributed by atoms with van der Waals surface area (Å²) in [6.07, 6.45) is 8.76. The van der Waals surface area contributed by atoms with E-state index in [1.54, 1.807) is 0 Å². The van der Waals surface area contributed by atoms with Crippen molar-refractivity contribution in [3.63, 3.8) is 0 Å². The zero-order valence-corrected chi connectivity index (χ0v) is 10.3. The quantitative estimate of drug-likeness (QED) is 0.762. The summed E-state index contributed by atoms with van der Waals surface area (Å²) in [6, 6.07) is 8.15. The van der Waals surface area contributed by atoms with Crippen molar-refractivity contribution in [3.05, 3.63) is 53.9 Å². The van der Waals surface area contributed by atoms with Crippen LogP contribution in [0.15, 0.2) is 42.7 Å². The number of rotatable bonds is 3. The Morgan fingerprint density at radius 2 is 1.94 bits per heavy atom. The van der Waals surface area contributed by atoms with Gasteiger partial charge in [-0.15, -0.1) is 0 Å². The molecule has 1 aromatic carbocycles. The fraction of sp³-hybridized carbons (Fsp3) is 0.333. The minimum absolute atomic E-state index is 0.131. The van der Waals surface area contributed by atoms with Crippen LogP contribution >= 0.6 is 0 Å². The van der Waals surface area contributed by atoms with Crippen molar-refractivity contribution in [2.75, 3.05) is 0 Å². The summed E-state index contributed by atoms with van der Waals surface area (Å²) in [7, 11) is 0. The monoisotopic (exact) mass is 242 g/mol. The van der Waals surface area contributed by atoms with E-state index in [1.807, 2.05) is 30.6 Å². The van der Waals surface area contributed by atoms with Crippen molar-refractivity contribution in [1.82, 2.24) is 10.6 Å². The standard InChI is InChI=1S/C15H18N2O/c18-14(15-16-9-10-17-15)13-8-4-3-7-12(13)11-5-1-2-6-11/h3-5,7-10,14-18H,1-2,6H2. The van der Waals surface area contributed by atoms with Gasteiger partial charge in [0.25, 0.3) is 0 Å². The molecule has 1 unspecified atom stereocenters. The second-order valence-corrected chi connectivity index (χ2v) is 4.80. The number of benzene rings is 1. The minimum atomic E-state index is -0.544. The first-order valence-electron chi connectivity index (χ1n) is 6.50. The van der Waals surface area contributed by atoms with Crippen molar-refractivity contribution in [1.29, 1.82) is 0 Å². The highest BCUT2D eigenvalue weighted by Gasteiger charge is 2.24. The van der Waals surface area contributed by atoms with E-state index in [2.05, 4.69) is 22.8 Å². The molecule has 1 heterocycles. The molecule has 0 amide bonds. The lowest BCUT2D eigenvalue weighted by molar-refractivity contribution is 0.130. The topological polar surface area (TPSA) is 44.3 Å². The predicted octanol–water partition coefficient (Wildman–Crippen LogP) is 2.28.